The van der Waals surface area contributed by atoms with Gasteiger partial charge < -0.3 is 28.8 Å². The van der Waals surface area contributed by atoms with E-state index in [4.69, 9.17) is 23.7 Å². The molecule has 6 nitrogen and oxygen atoms in total. The molecule has 1 aliphatic heterocycles. The Kier molecular flexibility index (Phi) is 12.7. The van der Waals surface area contributed by atoms with Crippen molar-refractivity contribution in [3.63, 3.8) is 0 Å². The second kappa shape index (κ2) is 13.9. The number of unbranched alkanes of at least 4 members (excludes halogenated alkanes) is 4. The maximum Gasteiger partial charge on any atom is 0.187 e. The van der Waals surface area contributed by atoms with E-state index in [1.54, 1.807) is 7.11 Å². The maximum absolute atomic E-state index is 10.7. The lowest BCUT2D eigenvalue weighted by atomic mass is 9.98. The molecule has 0 aliphatic carbocycles. The molecule has 26 heavy (non-hydrogen) atoms. The average Bonchev–Trinajstić information content (AvgIpc) is 2.61. The summed E-state index contributed by atoms with van der Waals surface area (Å²) in [5.74, 6) is 0. The number of methoxy groups -OCH3 is 1. The van der Waals surface area contributed by atoms with Crippen LogP contribution in [0.4, 0.5) is 0 Å². The number of hydrogen-bond donors (Lipinski definition) is 1. The average molecular weight is 377 g/mol. The highest BCUT2D eigenvalue weighted by atomic mass is 16.7. The molecule has 0 radical (unpaired) electrons. The zero-order valence-corrected chi connectivity index (χ0v) is 17.3. The van der Waals surface area contributed by atoms with Crippen molar-refractivity contribution < 1.29 is 28.8 Å². The highest BCUT2D eigenvalue weighted by molar-refractivity contribution is 4.91. The molecular weight excluding hydrogens is 336 g/mol. The molecule has 0 amide bonds. The molecule has 1 rings (SSSR count). The van der Waals surface area contributed by atoms with Crippen molar-refractivity contribution >= 4 is 0 Å². The fourth-order valence-electron chi connectivity index (χ4n) is 3.11. The Morgan fingerprint density at radius 2 is 1.69 bits per heavy atom. The minimum atomic E-state index is -0.807. The van der Waals surface area contributed by atoms with Gasteiger partial charge in [-0.15, -0.1) is 0 Å². The van der Waals surface area contributed by atoms with E-state index in [1.807, 2.05) is 20.8 Å². The predicted molar refractivity (Wildman–Crippen MR) is 101 cm³/mol. The van der Waals surface area contributed by atoms with Gasteiger partial charge in [-0.2, -0.15) is 0 Å². The van der Waals surface area contributed by atoms with Crippen LogP contribution in [0.1, 0.15) is 66.2 Å². The van der Waals surface area contributed by atoms with Gasteiger partial charge in [0.05, 0.1) is 12.7 Å². The van der Waals surface area contributed by atoms with Crippen LogP contribution in [-0.4, -0.2) is 68.8 Å². The molecule has 6 heteroatoms. The van der Waals surface area contributed by atoms with E-state index >= 15 is 0 Å². The third-order valence-electron chi connectivity index (χ3n) is 4.49. The largest absolute Gasteiger partial charge is 0.387 e. The second-order valence-electron chi connectivity index (χ2n) is 7.24. The van der Waals surface area contributed by atoms with Crippen molar-refractivity contribution in [3.05, 3.63) is 0 Å². The minimum absolute atomic E-state index is 0.0140. The quantitative estimate of drug-likeness (QED) is 0.469. The van der Waals surface area contributed by atoms with E-state index in [1.165, 1.54) is 25.7 Å². The van der Waals surface area contributed by atoms with Crippen molar-refractivity contribution in [2.45, 2.75) is 103 Å². The lowest BCUT2D eigenvalue weighted by Gasteiger charge is -2.44. The summed E-state index contributed by atoms with van der Waals surface area (Å²) in [4.78, 5) is 0. The maximum atomic E-state index is 10.7. The Bertz CT molecular complexity index is 338. The summed E-state index contributed by atoms with van der Waals surface area (Å²) in [7, 11) is 1.59. The van der Waals surface area contributed by atoms with E-state index in [0.29, 0.717) is 19.8 Å². The van der Waals surface area contributed by atoms with Crippen LogP contribution in [-0.2, 0) is 23.7 Å². The summed E-state index contributed by atoms with van der Waals surface area (Å²) in [5.41, 5.74) is 0. The topological polar surface area (TPSA) is 66.4 Å². The first-order valence-electron chi connectivity index (χ1n) is 10.3. The molecule has 5 atom stereocenters. The molecule has 0 aromatic rings. The Hall–Kier alpha value is -0.240. The van der Waals surface area contributed by atoms with Crippen LogP contribution in [0.2, 0.25) is 0 Å². The Balaban J connectivity index is 2.56. The third kappa shape index (κ3) is 8.19. The van der Waals surface area contributed by atoms with Crippen LogP contribution in [0.15, 0.2) is 0 Å². The van der Waals surface area contributed by atoms with Gasteiger partial charge in [0.2, 0.25) is 0 Å². The smallest absolute Gasteiger partial charge is 0.187 e. The molecule has 1 aliphatic rings. The molecule has 1 unspecified atom stereocenters. The van der Waals surface area contributed by atoms with Crippen molar-refractivity contribution in [2.75, 3.05) is 26.9 Å². The van der Waals surface area contributed by atoms with Crippen molar-refractivity contribution in [1.29, 1.82) is 0 Å². The predicted octanol–water partition coefficient (Wildman–Crippen LogP) is 3.29. The molecule has 0 aromatic heterocycles. The van der Waals surface area contributed by atoms with Crippen LogP contribution in [0.3, 0.4) is 0 Å². The van der Waals surface area contributed by atoms with Gasteiger partial charge in [-0.3, -0.25) is 0 Å². The molecule has 1 N–H and O–H groups in total. The minimum Gasteiger partial charge on any atom is -0.387 e. The van der Waals surface area contributed by atoms with E-state index in [9.17, 15) is 5.11 Å². The molecule has 0 saturated carbocycles. The van der Waals surface area contributed by atoms with Crippen molar-refractivity contribution in [2.24, 2.45) is 0 Å². The zero-order chi connectivity index (χ0) is 19.4. The van der Waals surface area contributed by atoms with Crippen molar-refractivity contribution in [1.82, 2.24) is 0 Å². The SMILES string of the molecule is CCCCCCCOC[C@H]1OC(OC(C)C)[C@H](OC)[C@@H](OCCC)[C@@H]1O. The van der Waals surface area contributed by atoms with Gasteiger partial charge in [-0.1, -0.05) is 39.5 Å². The summed E-state index contributed by atoms with van der Waals surface area (Å²) >= 11 is 0. The summed E-state index contributed by atoms with van der Waals surface area (Å²) in [6.07, 6.45) is 3.99. The molecule has 1 fully saturated rings. The zero-order valence-electron chi connectivity index (χ0n) is 17.3. The number of ether oxygens (including phenoxy) is 5. The summed E-state index contributed by atoms with van der Waals surface area (Å²) in [6.45, 7) is 9.71. The number of rotatable bonds is 14. The first-order chi connectivity index (χ1) is 12.5. The summed E-state index contributed by atoms with van der Waals surface area (Å²) in [5, 5.41) is 10.7. The molecule has 156 valence electrons. The fourth-order valence-corrected chi connectivity index (χ4v) is 3.11. The number of aliphatic hydroxyl groups excluding tert-OH is 1. The Morgan fingerprint density at radius 1 is 0.962 bits per heavy atom. The lowest BCUT2D eigenvalue weighted by Crippen LogP contribution is -2.61. The lowest BCUT2D eigenvalue weighted by molar-refractivity contribution is -0.320. The fraction of sp³-hybridized carbons (Fsp3) is 1.00. The normalized spacial score (nSPS) is 29.4. The highest BCUT2D eigenvalue weighted by Gasteiger charge is 2.47. The Labute approximate surface area is 159 Å². The number of hydrogen-bond acceptors (Lipinski definition) is 6. The van der Waals surface area contributed by atoms with Crippen LogP contribution in [0.5, 0.6) is 0 Å². The van der Waals surface area contributed by atoms with Crippen LogP contribution in [0, 0.1) is 0 Å². The molecule has 1 saturated heterocycles. The van der Waals surface area contributed by atoms with Gasteiger partial charge in [0.1, 0.15) is 24.4 Å². The van der Waals surface area contributed by atoms with Gasteiger partial charge in [0.15, 0.2) is 6.29 Å². The van der Waals surface area contributed by atoms with Crippen LogP contribution >= 0.6 is 0 Å². The molecule has 0 spiro atoms. The first-order valence-corrected chi connectivity index (χ1v) is 10.3. The van der Waals surface area contributed by atoms with Crippen LogP contribution < -0.4 is 0 Å². The summed E-state index contributed by atoms with van der Waals surface area (Å²) < 4.78 is 29.0. The molecule has 0 aromatic carbocycles. The van der Waals surface area contributed by atoms with E-state index in [-0.39, 0.29) is 6.10 Å². The van der Waals surface area contributed by atoms with E-state index < -0.39 is 30.7 Å². The summed E-state index contributed by atoms with van der Waals surface area (Å²) in [6, 6.07) is 0. The third-order valence-corrected chi connectivity index (χ3v) is 4.49. The first kappa shape index (κ1) is 23.8. The van der Waals surface area contributed by atoms with Crippen molar-refractivity contribution in [3.8, 4) is 0 Å². The molecule has 1 heterocycles. The molecular formula is C20H40O6. The standard InChI is InChI=1S/C20H40O6/c1-6-8-9-10-11-13-23-14-16-17(21)18(24-12-7-2)19(22-5)20(26-16)25-15(3)4/h15-21H,6-14H2,1-5H3/t16-,17-,18+,19-,20?/m1/s1. The van der Waals surface area contributed by atoms with E-state index in [0.717, 1.165) is 12.8 Å². The monoisotopic (exact) mass is 376 g/mol. The van der Waals surface area contributed by atoms with Gasteiger partial charge in [-0.05, 0) is 26.7 Å². The van der Waals surface area contributed by atoms with Crippen LogP contribution in [0.25, 0.3) is 0 Å². The Morgan fingerprint density at radius 3 is 2.31 bits per heavy atom. The molecule has 0 bridgehead atoms. The van der Waals surface area contributed by atoms with Gasteiger partial charge in [0.25, 0.3) is 0 Å². The van der Waals surface area contributed by atoms with Gasteiger partial charge >= 0.3 is 0 Å². The second-order valence-corrected chi connectivity index (χ2v) is 7.24. The number of aliphatic hydroxyl groups is 1. The van der Waals surface area contributed by atoms with Gasteiger partial charge in [-0.25, -0.2) is 0 Å². The van der Waals surface area contributed by atoms with E-state index in [2.05, 4.69) is 6.92 Å². The van der Waals surface area contributed by atoms with Gasteiger partial charge in [0, 0.05) is 20.3 Å². The highest BCUT2D eigenvalue weighted by Crippen LogP contribution is 2.27.